The number of hydrogen-bond donors (Lipinski definition) is 1. The molecule has 1 unspecified atom stereocenters. The molecule has 0 bridgehead atoms. The van der Waals surface area contributed by atoms with Gasteiger partial charge in [0.1, 0.15) is 11.6 Å². The molecule has 0 aliphatic heterocycles. The summed E-state index contributed by atoms with van der Waals surface area (Å²) in [6, 6.07) is 10.2. The number of carbonyl (C=O) groups is 1. The Kier molecular flexibility index (Phi) is 4.68. The van der Waals surface area contributed by atoms with Crippen LogP contribution in [0.5, 0.6) is 0 Å². The molecule has 1 N–H and O–H groups in total. The summed E-state index contributed by atoms with van der Waals surface area (Å²) in [6.45, 7) is 3.56. The lowest BCUT2D eigenvalue weighted by Crippen LogP contribution is -2.29. The van der Waals surface area contributed by atoms with Gasteiger partial charge in [0.25, 0.3) is 0 Å². The molecule has 2 aromatic carbocycles. The molecule has 0 aliphatic rings. The summed E-state index contributed by atoms with van der Waals surface area (Å²) in [6.07, 6.45) is 0.216. The van der Waals surface area contributed by atoms with Crippen LogP contribution in [0.25, 0.3) is 0 Å². The van der Waals surface area contributed by atoms with Crippen LogP contribution >= 0.6 is 0 Å². The predicted octanol–water partition coefficient (Wildman–Crippen LogP) is 3.69. The molecule has 0 saturated heterocycles. The van der Waals surface area contributed by atoms with Gasteiger partial charge < -0.3 is 5.32 Å². The molecule has 21 heavy (non-hydrogen) atoms. The number of rotatable bonds is 4. The molecule has 2 rings (SSSR count). The first-order valence-electron chi connectivity index (χ1n) is 6.76. The normalized spacial score (nSPS) is 12.0. The first-order chi connectivity index (χ1) is 9.97. The van der Waals surface area contributed by atoms with Crippen molar-refractivity contribution in [1.82, 2.24) is 5.32 Å². The van der Waals surface area contributed by atoms with Crippen LogP contribution in [0.3, 0.4) is 0 Å². The van der Waals surface area contributed by atoms with E-state index >= 15 is 0 Å². The fourth-order valence-electron chi connectivity index (χ4n) is 2.20. The van der Waals surface area contributed by atoms with Crippen LogP contribution in [0.4, 0.5) is 8.78 Å². The Hall–Kier alpha value is -2.23. The van der Waals surface area contributed by atoms with Crippen LogP contribution < -0.4 is 5.32 Å². The Morgan fingerprint density at radius 2 is 1.90 bits per heavy atom. The van der Waals surface area contributed by atoms with Crippen molar-refractivity contribution in [2.24, 2.45) is 0 Å². The highest BCUT2D eigenvalue weighted by molar-refractivity contribution is 5.79. The van der Waals surface area contributed by atoms with E-state index in [2.05, 4.69) is 5.32 Å². The average Bonchev–Trinajstić information content (AvgIpc) is 2.44. The maximum absolute atomic E-state index is 13.6. The second-order valence-corrected chi connectivity index (χ2v) is 5.06. The summed E-state index contributed by atoms with van der Waals surface area (Å²) in [5.74, 6) is -1.27. The van der Waals surface area contributed by atoms with Crippen molar-refractivity contribution in [3.63, 3.8) is 0 Å². The molecule has 110 valence electrons. The zero-order chi connectivity index (χ0) is 15.4. The van der Waals surface area contributed by atoms with Crippen LogP contribution in [0.15, 0.2) is 42.5 Å². The number of benzene rings is 2. The molecule has 0 spiro atoms. The third-order valence-corrected chi connectivity index (χ3v) is 3.41. The van der Waals surface area contributed by atoms with Crippen LogP contribution in [-0.4, -0.2) is 5.91 Å². The number of carbonyl (C=O) groups excluding carboxylic acids is 1. The monoisotopic (exact) mass is 289 g/mol. The minimum atomic E-state index is -0.586. The van der Waals surface area contributed by atoms with E-state index in [1.165, 1.54) is 0 Å². The molecule has 0 saturated carbocycles. The lowest BCUT2D eigenvalue weighted by atomic mass is 10.0. The summed E-state index contributed by atoms with van der Waals surface area (Å²) >= 11 is 0. The fraction of sp³-hybridized carbons (Fsp3) is 0.235. The van der Waals surface area contributed by atoms with E-state index in [4.69, 9.17) is 0 Å². The third kappa shape index (κ3) is 3.88. The summed E-state index contributed by atoms with van der Waals surface area (Å²) in [5, 5.41) is 2.69. The summed E-state index contributed by atoms with van der Waals surface area (Å²) in [7, 11) is 0. The van der Waals surface area contributed by atoms with Gasteiger partial charge in [-0.3, -0.25) is 4.79 Å². The maximum atomic E-state index is 13.6. The van der Waals surface area contributed by atoms with E-state index in [0.717, 1.165) is 29.3 Å². The molecule has 0 radical (unpaired) electrons. The van der Waals surface area contributed by atoms with Gasteiger partial charge in [0, 0.05) is 5.56 Å². The highest BCUT2D eigenvalue weighted by Gasteiger charge is 2.15. The molecular weight excluding hydrogens is 272 g/mol. The molecule has 1 atom stereocenters. The zero-order valence-electron chi connectivity index (χ0n) is 12.0. The maximum Gasteiger partial charge on any atom is 0.224 e. The Balaban J connectivity index is 2.06. The molecule has 0 fully saturated rings. The molecule has 2 aromatic rings. The standard InChI is InChI=1S/C17H17F2NO/c1-11-5-3-4-6-13(11)9-17(21)20-12(2)15-10-14(18)7-8-16(15)19/h3-8,10,12H,9H2,1-2H3,(H,20,21). The van der Waals surface area contributed by atoms with E-state index in [-0.39, 0.29) is 17.9 Å². The van der Waals surface area contributed by atoms with Gasteiger partial charge in [-0.2, -0.15) is 0 Å². The van der Waals surface area contributed by atoms with Gasteiger partial charge in [0.2, 0.25) is 5.91 Å². The van der Waals surface area contributed by atoms with Gasteiger partial charge in [0.05, 0.1) is 12.5 Å². The molecule has 2 nitrogen and oxygen atoms in total. The Morgan fingerprint density at radius 3 is 2.62 bits per heavy atom. The third-order valence-electron chi connectivity index (χ3n) is 3.41. The van der Waals surface area contributed by atoms with Crippen molar-refractivity contribution in [2.75, 3.05) is 0 Å². The molecule has 0 heterocycles. The zero-order valence-corrected chi connectivity index (χ0v) is 12.0. The van der Waals surface area contributed by atoms with E-state index in [1.807, 2.05) is 31.2 Å². The fourth-order valence-corrected chi connectivity index (χ4v) is 2.20. The van der Waals surface area contributed by atoms with Crippen molar-refractivity contribution >= 4 is 5.91 Å². The largest absolute Gasteiger partial charge is 0.349 e. The van der Waals surface area contributed by atoms with E-state index < -0.39 is 17.7 Å². The number of hydrogen-bond acceptors (Lipinski definition) is 1. The summed E-state index contributed by atoms with van der Waals surface area (Å²) < 4.78 is 26.8. The second-order valence-electron chi connectivity index (χ2n) is 5.06. The van der Waals surface area contributed by atoms with Crippen LogP contribution in [0.1, 0.15) is 29.7 Å². The lowest BCUT2D eigenvalue weighted by molar-refractivity contribution is -0.121. The minimum Gasteiger partial charge on any atom is -0.349 e. The molecule has 1 amide bonds. The Bertz CT molecular complexity index is 655. The van der Waals surface area contributed by atoms with Gasteiger partial charge >= 0.3 is 0 Å². The topological polar surface area (TPSA) is 29.1 Å². The highest BCUT2D eigenvalue weighted by Crippen LogP contribution is 2.18. The van der Waals surface area contributed by atoms with E-state index in [0.29, 0.717) is 0 Å². The highest BCUT2D eigenvalue weighted by atomic mass is 19.1. The molecule has 0 aromatic heterocycles. The summed E-state index contributed by atoms with van der Waals surface area (Å²) in [4.78, 5) is 12.0. The quantitative estimate of drug-likeness (QED) is 0.913. The van der Waals surface area contributed by atoms with E-state index in [1.54, 1.807) is 6.92 Å². The first kappa shape index (κ1) is 15.2. The minimum absolute atomic E-state index is 0.146. The van der Waals surface area contributed by atoms with Crippen LogP contribution in [0, 0.1) is 18.6 Å². The van der Waals surface area contributed by atoms with Crippen molar-refractivity contribution in [2.45, 2.75) is 26.3 Å². The first-order valence-corrected chi connectivity index (χ1v) is 6.76. The molecule has 4 heteroatoms. The molecule has 0 aliphatic carbocycles. The van der Waals surface area contributed by atoms with Crippen LogP contribution in [0.2, 0.25) is 0 Å². The van der Waals surface area contributed by atoms with Crippen molar-refractivity contribution in [1.29, 1.82) is 0 Å². The van der Waals surface area contributed by atoms with Gasteiger partial charge in [0.15, 0.2) is 0 Å². The van der Waals surface area contributed by atoms with Crippen molar-refractivity contribution < 1.29 is 13.6 Å². The average molecular weight is 289 g/mol. The van der Waals surface area contributed by atoms with Crippen molar-refractivity contribution in [3.05, 3.63) is 70.8 Å². The number of nitrogens with one attached hydrogen (secondary N) is 1. The summed E-state index contributed by atoms with van der Waals surface area (Å²) in [5.41, 5.74) is 2.09. The van der Waals surface area contributed by atoms with Gasteiger partial charge in [-0.1, -0.05) is 24.3 Å². The number of amides is 1. The smallest absolute Gasteiger partial charge is 0.224 e. The van der Waals surface area contributed by atoms with E-state index in [9.17, 15) is 13.6 Å². The van der Waals surface area contributed by atoms with Gasteiger partial charge in [-0.25, -0.2) is 8.78 Å². The molecular formula is C17H17F2NO. The Morgan fingerprint density at radius 1 is 1.19 bits per heavy atom. The van der Waals surface area contributed by atoms with Crippen LogP contribution in [-0.2, 0) is 11.2 Å². The predicted molar refractivity (Wildman–Crippen MR) is 77.8 cm³/mol. The van der Waals surface area contributed by atoms with Gasteiger partial charge in [-0.05, 0) is 43.2 Å². The SMILES string of the molecule is Cc1ccccc1CC(=O)NC(C)c1cc(F)ccc1F. The van der Waals surface area contributed by atoms with Gasteiger partial charge in [-0.15, -0.1) is 0 Å². The lowest BCUT2D eigenvalue weighted by Gasteiger charge is -2.15. The van der Waals surface area contributed by atoms with Crippen molar-refractivity contribution in [3.8, 4) is 0 Å². The number of halogens is 2. The Labute approximate surface area is 122 Å². The second kappa shape index (κ2) is 6.48. The number of aryl methyl sites for hydroxylation is 1.